The van der Waals surface area contributed by atoms with Gasteiger partial charge < -0.3 is 20.1 Å². The molecule has 1 fully saturated rings. The highest BCUT2D eigenvalue weighted by Crippen LogP contribution is 2.21. The third-order valence-corrected chi connectivity index (χ3v) is 5.02. The zero-order valence-corrected chi connectivity index (χ0v) is 16.3. The first-order valence-electron chi connectivity index (χ1n) is 9.02. The summed E-state index contributed by atoms with van der Waals surface area (Å²) >= 11 is 1.79. The fourth-order valence-electron chi connectivity index (χ4n) is 2.72. The van der Waals surface area contributed by atoms with Crippen molar-refractivity contribution in [3.05, 3.63) is 47.4 Å². The standard InChI is InChI=1S/C16H21NO2S.C4H4O4/c18-15-11-17(12-15)6-1-7-19-8-4-13-2-3-16-14(10-13)5-9-20-16;5-3(6)1-2-4(7)8/h2-3,5,9-10,15,18H,1,4,6-8,11-12H2;1-2H,(H,5,6)(H,7,8)/b;2-1-. The summed E-state index contributed by atoms with van der Waals surface area (Å²) in [5.74, 6) is -2.51. The number of aliphatic hydroxyl groups excluding tert-OH is 1. The molecule has 0 aliphatic carbocycles. The Morgan fingerprint density at radius 1 is 1.14 bits per heavy atom. The monoisotopic (exact) mass is 407 g/mol. The molecule has 0 saturated carbocycles. The first kappa shape index (κ1) is 22.0. The highest BCUT2D eigenvalue weighted by molar-refractivity contribution is 7.17. The number of aliphatic hydroxyl groups is 1. The van der Waals surface area contributed by atoms with Crippen LogP contribution in [-0.2, 0) is 20.7 Å². The molecule has 3 N–H and O–H groups in total. The Kier molecular flexibility index (Phi) is 9.09. The number of carboxylic acid groups (broad SMARTS) is 2. The van der Waals surface area contributed by atoms with Gasteiger partial charge in [0, 0.05) is 43.1 Å². The molecule has 8 heteroatoms. The highest BCUT2D eigenvalue weighted by Gasteiger charge is 2.22. The van der Waals surface area contributed by atoms with Gasteiger partial charge in [-0.1, -0.05) is 12.1 Å². The van der Waals surface area contributed by atoms with Crippen LogP contribution >= 0.6 is 11.3 Å². The van der Waals surface area contributed by atoms with Crippen molar-refractivity contribution in [2.75, 3.05) is 32.8 Å². The fraction of sp³-hybridized carbons (Fsp3) is 0.400. The maximum atomic E-state index is 9.55. The summed E-state index contributed by atoms with van der Waals surface area (Å²) in [7, 11) is 0. The summed E-state index contributed by atoms with van der Waals surface area (Å²) in [5.41, 5.74) is 1.35. The Morgan fingerprint density at radius 3 is 2.50 bits per heavy atom. The van der Waals surface area contributed by atoms with Gasteiger partial charge in [-0.3, -0.25) is 4.90 Å². The number of hydrogen-bond donors (Lipinski definition) is 3. The van der Waals surface area contributed by atoms with E-state index in [4.69, 9.17) is 14.9 Å². The van der Waals surface area contributed by atoms with Gasteiger partial charge in [0.25, 0.3) is 0 Å². The number of thiophene rings is 1. The first-order valence-corrected chi connectivity index (χ1v) is 9.90. The van der Waals surface area contributed by atoms with Crippen LogP contribution < -0.4 is 0 Å². The average Bonchev–Trinajstić information content (AvgIpc) is 3.09. The topological polar surface area (TPSA) is 107 Å². The lowest BCUT2D eigenvalue weighted by atomic mass is 10.1. The van der Waals surface area contributed by atoms with Crippen molar-refractivity contribution in [2.45, 2.75) is 18.9 Å². The molecule has 3 rings (SSSR count). The van der Waals surface area contributed by atoms with Gasteiger partial charge in [-0.25, -0.2) is 9.59 Å². The maximum absolute atomic E-state index is 9.55. The summed E-state index contributed by atoms with van der Waals surface area (Å²) in [6, 6.07) is 8.83. The molecule has 1 aromatic carbocycles. The van der Waals surface area contributed by atoms with Gasteiger partial charge in [0.15, 0.2) is 0 Å². The van der Waals surface area contributed by atoms with Crippen LogP contribution in [0.15, 0.2) is 41.8 Å². The number of hydrogen-bond acceptors (Lipinski definition) is 6. The number of carbonyl (C=O) groups is 2. The zero-order chi connectivity index (χ0) is 20.4. The quantitative estimate of drug-likeness (QED) is 0.432. The highest BCUT2D eigenvalue weighted by atomic mass is 32.1. The minimum Gasteiger partial charge on any atom is -0.478 e. The molecule has 2 heterocycles. The zero-order valence-electron chi connectivity index (χ0n) is 15.5. The number of rotatable bonds is 9. The summed E-state index contributed by atoms with van der Waals surface area (Å²) in [4.78, 5) is 21.4. The van der Waals surface area contributed by atoms with Gasteiger partial charge in [-0.2, -0.15) is 0 Å². The molecule has 0 amide bonds. The Hall–Kier alpha value is -2.26. The van der Waals surface area contributed by atoms with Gasteiger partial charge in [-0.15, -0.1) is 11.3 Å². The van der Waals surface area contributed by atoms with E-state index in [1.807, 2.05) is 0 Å². The van der Waals surface area contributed by atoms with Crippen LogP contribution in [0.5, 0.6) is 0 Å². The van der Waals surface area contributed by atoms with E-state index in [-0.39, 0.29) is 6.10 Å². The summed E-state index contributed by atoms with van der Waals surface area (Å²) < 4.78 is 7.04. The van der Waals surface area contributed by atoms with Gasteiger partial charge in [-0.05, 0) is 41.3 Å². The van der Waals surface area contributed by atoms with Crippen LogP contribution in [0.4, 0.5) is 0 Å². The lowest BCUT2D eigenvalue weighted by Gasteiger charge is -2.35. The summed E-state index contributed by atoms with van der Waals surface area (Å²) in [6.45, 7) is 4.31. The number of likely N-dealkylation sites (tertiary alicyclic amines) is 1. The molecular formula is C20H25NO6S. The molecular weight excluding hydrogens is 382 g/mol. The van der Waals surface area contributed by atoms with E-state index in [1.165, 1.54) is 15.6 Å². The molecule has 1 aliphatic heterocycles. The predicted molar refractivity (Wildman–Crippen MR) is 108 cm³/mol. The number of aliphatic carboxylic acids is 2. The second-order valence-corrected chi connectivity index (χ2v) is 7.38. The van der Waals surface area contributed by atoms with E-state index in [0.717, 1.165) is 45.7 Å². The summed E-state index contributed by atoms with van der Waals surface area (Å²) in [6.07, 6.45) is 3.05. The molecule has 0 bridgehead atoms. The van der Waals surface area contributed by atoms with E-state index in [9.17, 15) is 14.7 Å². The van der Waals surface area contributed by atoms with E-state index < -0.39 is 11.9 Å². The number of benzene rings is 1. The van der Waals surface area contributed by atoms with Crippen molar-refractivity contribution >= 4 is 33.4 Å². The number of carboxylic acids is 2. The third kappa shape index (κ3) is 8.18. The van der Waals surface area contributed by atoms with Crippen molar-refractivity contribution in [1.29, 1.82) is 0 Å². The Morgan fingerprint density at radius 2 is 1.86 bits per heavy atom. The molecule has 0 atom stereocenters. The molecule has 7 nitrogen and oxygen atoms in total. The molecule has 1 aliphatic rings. The maximum Gasteiger partial charge on any atom is 0.328 e. The molecule has 28 heavy (non-hydrogen) atoms. The Balaban J connectivity index is 0.000000300. The second-order valence-electron chi connectivity index (χ2n) is 6.43. The number of ether oxygens (including phenoxy) is 1. The number of nitrogens with zero attached hydrogens (tertiary/aromatic N) is 1. The van der Waals surface area contributed by atoms with E-state index in [2.05, 4.69) is 34.5 Å². The number of β-amino-alcohol motifs (C(OH)–C–C–N with tert-alkyl or cyclic N) is 1. The smallest absolute Gasteiger partial charge is 0.328 e. The van der Waals surface area contributed by atoms with Gasteiger partial charge in [0.05, 0.1) is 12.7 Å². The minimum atomic E-state index is -1.26. The molecule has 1 aromatic heterocycles. The average molecular weight is 407 g/mol. The molecule has 152 valence electrons. The van der Waals surface area contributed by atoms with Crippen molar-refractivity contribution in [3.8, 4) is 0 Å². The van der Waals surface area contributed by atoms with Crippen LogP contribution in [0, 0.1) is 0 Å². The van der Waals surface area contributed by atoms with E-state index in [0.29, 0.717) is 12.2 Å². The van der Waals surface area contributed by atoms with Crippen molar-refractivity contribution in [3.63, 3.8) is 0 Å². The van der Waals surface area contributed by atoms with E-state index in [1.54, 1.807) is 11.3 Å². The Labute approximate surface area is 167 Å². The van der Waals surface area contributed by atoms with Crippen LogP contribution in [0.3, 0.4) is 0 Å². The molecule has 0 radical (unpaired) electrons. The fourth-order valence-corrected chi connectivity index (χ4v) is 3.49. The summed E-state index contributed by atoms with van der Waals surface area (Å²) in [5, 5.41) is 28.3. The molecule has 1 saturated heterocycles. The molecule has 0 spiro atoms. The lowest BCUT2D eigenvalue weighted by Crippen LogP contribution is -2.50. The lowest BCUT2D eigenvalue weighted by molar-refractivity contribution is -0.134. The van der Waals surface area contributed by atoms with Crippen LogP contribution in [0.2, 0.25) is 0 Å². The Bertz CT molecular complexity index is 781. The largest absolute Gasteiger partial charge is 0.478 e. The first-order chi connectivity index (χ1) is 13.4. The van der Waals surface area contributed by atoms with Crippen molar-refractivity contribution < 1.29 is 29.6 Å². The van der Waals surface area contributed by atoms with Gasteiger partial charge >= 0.3 is 11.9 Å². The van der Waals surface area contributed by atoms with Crippen molar-refractivity contribution in [2.24, 2.45) is 0 Å². The van der Waals surface area contributed by atoms with Crippen molar-refractivity contribution in [1.82, 2.24) is 4.90 Å². The van der Waals surface area contributed by atoms with Gasteiger partial charge in [0.1, 0.15) is 0 Å². The second kappa shape index (κ2) is 11.6. The third-order valence-electron chi connectivity index (χ3n) is 4.12. The molecule has 2 aromatic rings. The van der Waals surface area contributed by atoms with Crippen LogP contribution in [0.25, 0.3) is 10.1 Å². The van der Waals surface area contributed by atoms with Gasteiger partial charge in [0.2, 0.25) is 0 Å². The normalized spacial score (nSPS) is 14.6. The van der Waals surface area contributed by atoms with Crippen LogP contribution in [-0.4, -0.2) is 71.1 Å². The number of fused-ring (bicyclic) bond motifs is 1. The van der Waals surface area contributed by atoms with Crippen LogP contribution in [0.1, 0.15) is 12.0 Å². The SMILES string of the molecule is O=C(O)/C=C\C(=O)O.OC1CN(CCCOCCc2ccc3sccc3c2)C1. The molecule has 0 unspecified atom stereocenters. The predicted octanol–water partition coefficient (Wildman–Crippen LogP) is 2.24. The minimum absolute atomic E-state index is 0.0945. The van der Waals surface area contributed by atoms with E-state index >= 15 is 0 Å².